The minimum absolute atomic E-state index is 0.113. The molecule has 0 bridgehead atoms. The molecule has 0 fully saturated rings. The van der Waals surface area contributed by atoms with Gasteiger partial charge in [-0.25, -0.2) is 0 Å². The van der Waals surface area contributed by atoms with Crippen molar-refractivity contribution in [2.75, 3.05) is 0 Å². The van der Waals surface area contributed by atoms with Crippen LogP contribution < -0.4 is 5.32 Å². The molecule has 0 atom stereocenters. The molecule has 0 saturated carbocycles. The zero-order chi connectivity index (χ0) is 20.8. The first-order valence-corrected chi connectivity index (χ1v) is 9.40. The van der Waals surface area contributed by atoms with Gasteiger partial charge in [-0.2, -0.15) is 0 Å². The highest BCUT2D eigenvalue weighted by molar-refractivity contribution is 6.30. The molecule has 0 aliphatic carbocycles. The highest BCUT2D eigenvalue weighted by atomic mass is 35.5. The van der Waals surface area contributed by atoms with Gasteiger partial charge in [0.1, 0.15) is 5.69 Å². The van der Waals surface area contributed by atoms with Gasteiger partial charge in [-0.3, -0.25) is 14.6 Å². The van der Waals surface area contributed by atoms with Gasteiger partial charge < -0.3 is 15.6 Å². The van der Waals surface area contributed by atoms with E-state index in [0.29, 0.717) is 15.6 Å². The number of nitrogens with one attached hydrogen (secondary N) is 1. The summed E-state index contributed by atoms with van der Waals surface area (Å²) in [6, 6.07) is 16.5. The van der Waals surface area contributed by atoms with Crippen molar-refractivity contribution in [3.63, 3.8) is 0 Å². The summed E-state index contributed by atoms with van der Waals surface area (Å²) in [7, 11) is 0. The van der Waals surface area contributed by atoms with Crippen molar-refractivity contribution in [1.29, 1.82) is 0 Å². The Morgan fingerprint density at radius 3 is 2.31 bits per heavy atom. The fourth-order valence-corrected chi connectivity index (χ4v) is 3.05. The summed E-state index contributed by atoms with van der Waals surface area (Å²) in [6.45, 7) is 0.0969. The maximum atomic E-state index is 12.4. The maximum absolute atomic E-state index is 12.4. The second-order valence-electron chi connectivity index (χ2n) is 6.21. The first-order chi connectivity index (χ1) is 13.9. The summed E-state index contributed by atoms with van der Waals surface area (Å²) in [5, 5.41) is 16.3. The number of carbonyl (C=O) groups excluding carboxylic acids is 2. The van der Waals surface area contributed by atoms with Crippen molar-refractivity contribution in [3.05, 3.63) is 104 Å². The molecule has 0 radical (unpaired) electrons. The zero-order valence-electron chi connectivity index (χ0n) is 15.1. The molecule has 1 N–H and O–H groups in total. The van der Waals surface area contributed by atoms with Gasteiger partial charge in [0.25, 0.3) is 11.8 Å². The minimum Gasteiger partial charge on any atom is -0.756 e. The van der Waals surface area contributed by atoms with E-state index in [2.05, 4.69) is 10.3 Å². The first kappa shape index (κ1) is 20.8. The van der Waals surface area contributed by atoms with Gasteiger partial charge in [-0.15, -0.1) is 0 Å². The van der Waals surface area contributed by atoms with Gasteiger partial charge in [0.15, 0.2) is 0 Å². The number of halogens is 2. The Bertz CT molecular complexity index is 1040. The van der Waals surface area contributed by atoms with Crippen LogP contribution in [-0.2, 0) is 13.1 Å². The standard InChI is InChI=1S/C21H16Cl2N3O3/c22-17-5-1-3-14(9-17)12-25-20(27)16-7-8-24-19(11-16)21(28)26(29)13-15-4-2-6-18(23)10-15/h1-11H,12-13H2,(H,25,27)/q-1. The van der Waals surface area contributed by atoms with Crippen LogP contribution in [0.3, 0.4) is 0 Å². The summed E-state index contributed by atoms with van der Waals surface area (Å²) in [4.78, 5) is 28.7. The number of rotatable bonds is 6. The number of hydroxylamine groups is 2. The van der Waals surface area contributed by atoms with Crippen LogP contribution in [0.2, 0.25) is 10.0 Å². The Hall–Kier alpha value is -2.93. The molecule has 0 aliphatic heterocycles. The van der Waals surface area contributed by atoms with Crippen LogP contribution in [0.1, 0.15) is 32.0 Å². The van der Waals surface area contributed by atoms with Gasteiger partial charge in [0, 0.05) is 34.9 Å². The van der Waals surface area contributed by atoms with Crippen molar-refractivity contribution < 1.29 is 9.59 Å². The van der Waals surface area contributed by atoms with Gasteiger partial charge in [0.05, 0.1) is 0 Å². The van der Waals surface area contributed by atoms with Crippen molar-refractivity contribution in [2.24, 2.45) is 0 Å². The Labute approximate surface area is 177 Å². The van der Waals surface area contributed by atoms with Crippen molar-refractivity contribution in [1.82, 2.24) is 15.4 Å². The van der Waals surface area contributed by atoms with Crippen LogP contribution in [0.25, 0.3) is 0 Å². The second-order valence-corrected chi connectivity index (χ2v) is 7.09. The Balaban J connectivity index is 1.66. The smallest absolute Gasteiger partial charge is 0.262 e. The van der Waals surface area contributed by atoms with E-state index in [-0.39, 0.29) is 29.4 Å². The lowest BCUT2D eigenvalue weighted by atomic mass is 10.2. The Kier molecular flexibility index (Phi) is 6.82. The third-order valence-electron chi connectivity index (χ3n) is 4.03. The Morgan fingerprint density at radius 1 is 0.966 bits per heavy atom. The van der Waals surface area contributed by atoms with Crippen LogP contribution in [0.4, 0.5) is 0 Å². The zero-order valence-corrected chi connectivity index (χ0v) is 16.7. The summed E-state index contributed by atoms with van der Waals surface area (Å²) in [6.07, 6.45) is 1.31. The molecule has 0 unspecified atom stereocenters. The number of pyridine rings is 1. The predicted molar refractivity (Wildman–Crippen MR) is 112 cm³/mol. The fraction of sp³-hybridized carbons (Fsp3) is 0.0952. The van der Waals surface area contributed by atoms with E-state index in [0.717, 1.165) is 5.56 Å². The third kappa shape index (κ3) is 5.77. The fourth-order valence-electron chi connectivity index (χ4n) is 2.62. The molecule has 148 valence electrons. The second kappa shape index (κ2) is 9.52. The van der Waals surface area contributed by atoms with E-state index < -0.39 is 11.8 Å². The topological polar surface area (TPSA) is 85.4 Å². The van der Waals surface area contributed by atoms with Gasteiger partial charge in [0.2, 0.25) is 0 Å². The highest BCUT2D eigenvalue weighted by Crippen LogP contribution is 2.14. The number of hydrogen-bond donors (Lipinski definition) is 1. The largest absolute Gasteiger partial charge is 0.756 e. The number of benzene rings is 2. The summed E-state index contributed by atoms with van der Waals surface area (Å²) >= 11 is 11.8. The molecular formula is C21H16Cl2N3O3-. The van der Waals surface area contributed by atoms with Crippen LogP contribution >= 0.6 is 23.2 Å². The molecule has 2 aromatic carbocycles. The van der Waals surface area contributed by atoms with Crippen LogP contribution in [-0.4, -0.2) is 21.9 Å². The molecule has 0 aliphatic rings. The van der Waals surface area contributed by atoms with Gasteiger partial charge >= 0.3 is 0 Å². The molecule has 8 heteroatoms. The Morgan fingerprint density at radius 2 is 1.62 bits per heavy atom. The maximum Gasteiger partial charge on any atom is 0.262 e. The van der Waals surface area contributed by atoms with Crippen LogP contribution in [0.5, 0.6) is 0 Å². The molecule has 3 aromatic rings. The number of hydrogen-bond acceptors (Lipinski definition) is 4. The van der Waals surface area contributed by atoms with Gasteiger partial charge in [-0.05, 0) is 47.5 Å². The van der Waals surface area contributed by atoms with Crippen molar-refractivity contribution in [2.45, 2.75) is 13.1 Å². The van der Waals surface area contributed by atoms with E-state index in [9.17, 15) is 14.8 Å². The average molecular weight is 429 g/mol. The monoisotopic (exact) mass is 428 g/mol. The lowest BCUT2D eigenvalue weighted by molar-refractivity contribution is 0.0808. The summed E-state index contributed by atoms with van der Waals surface area (Å²) in [5.41, 5.74) is 1.54. The molecule has 3 rings (SSSR count). The molecule has 29 heavy (non-hydrogen) atoms. The van der Waals surface area contributed by atoms with E-state index in [4.69, 9.17) is 23.2 Å². The summed E-state index contributed by atoms with van der Waals surface area (Å²) < 4.78 is 0. The normalized spacial score (nSPS) is 10.4. The predicted octanol–water partition coefficient (Wildman–Crippen LogP) is 4.46. The quantitative estimate of drug-likeness (QED) is 0.587. The molecule has 0 spiro atoms. The lowest BCUT2D eigenvalue weighted by Crippen LogP contribution is -2.27. The van der Waals surface area contributed by atoms with Crippen molar-refractivity contribution >= 4 is 35.0 Å². The molecule has 6 nitrogen and oxygen atoms in total. The number of nitrogens with zero attached hydrogens (tertiary/aromatic N) is 2. The molecule has 1 aromatic heterocycles. The van der Waals surface area contributed by atoms with Crippen LogP contribution in [0.15, 0.2) is 66.9 Å². The van der Waals surface area contributed by atoms with E-state index >= 15 is 0 Å². The first-order valence-electron chi connectivity index (χ1n) is 8.64. The van der Waals surface area contributed by atoms with Crippen molar-refractivity contribution in [3.8, 4) is 0 Å². The third-order valence-corrected chi connectivity index (χ3v) is 4.50. The number of carbonyl (C=O) groups is 2. The highest BCUT2D eigenvalue weighted by Gasteiger charge is 2.14. The average Bonchev–Trinajstić information content (AvgIpc) is 2.71. The van der Waals surface area contributed by atoms with E-state index in [1.54, 1.807) is 42.5 Å². The lowest BCUT2D eigenvalue weighted by Gasteiger charge is -2.28. The SMILES string of the molecule is O=C(NCc1cccc(Cl)c1)c1ccnc(C(=O)N([O-])Cc2cccc(Cl)c2)c1. The minimum atomic E-state index is -0.838. The number of amides is 2. The van der Waals surface area contributed by atoms with Crippen LogP contribution in [0, 0.1) is 5.21 Å². The molecular weight excluding hydrogens is 413 g/mol. The van der Waals surface area contributed by atoms with Gasteiger partial charge in [-0.1, -0.05) is 47.5 Å². The molecule has 1 heterocycles. The van der Waals surface area contributed by atoms with E-state index in [1.807, 2.05) is 6.07 Å². The summed E-state index contributed by atoms with van der Waals surface area (Å²) in [5.74, 6) is -1.23. The molecule has 0 saturated heterocycles. The van der Waals surface area contributed by atoms with E-state index in [1.165, 1.54) is 18.3 Å². The number of aromatic nitrogens is 1. The molecule has 2 amide bonds.